The van der Waals surface area contributed by atoms with Gasteiger partial charge in [-0.2, -0.15) is 4.31 Å². The summed E-state index contributed by atoms with van der Waals surface area (Å²) in [5.74, 6) is -2.63. The molecule has 1 fully saturated rings. The van der Waals surface area contributed by atoms with E-state index in [-0.39, 0.29) is 22.9 Å². The van der Waals surface area contributed by atoms with Crippen molar-refractivity contribution in [2.24, 2.45) is 0 Å². The second-order valence-electron chi connectivity index (χ2n) is 7.37. The number of nitrogens with one attached hydrogen (secondary N) is 1. The summed E-state index contributed by atoms with van der Waals surface area (Å²) in [6.07, 6.45) is -4.13. The standard InChI is InChI=1S/C20H16ClF4N3O4S3/c21-16-5-6-18(34-16)35(30,31)28-7-1-2-14(28)19(29)26-9-17-27-13(10-33-17)11-3-4-15(12(22)8-11)32-20(23,24)25/h3-6,8,10,14H,1-2,7,9H2,(H,26,29)/t14-/m1/s1. The Labute approximate surface area is 210 Å². The number of aromatic nitrogens is 1. The molecule has 1 saturated heterocycles. The van der Waals surface area contributed by atoms with E-state index < -0.39 is 39.9 Å². The first-order valence-electron chi connectivity index (χ1n) is 9.99. The zero-order chi connectivity index (χ0) is 25.4. The van der Waals surface area contributed by atoms with Gasteiger partial charge in [0.1, 0.15) is 15.3 Å². The Bertz CT molecular complexity index is 1340. The number of carbonyl (C=O) groups excluding carboxylic acids is 1. The van der Waals surface area contributed by atoms with Crippen LogP contribution in [0, 0.1) is 5.82 Å². The third kappa shape index (κ3) is 5.94. The van der Waals surface area contributed by atoms with E-state index in [1.54, 1.807) is 5.38 Å². The number of thiophene rings is 1. The second-order valence-corrected chi connectivity index (χ2v) is 12.1. The molecular weight excluding hydrogens is 554 g/mol. The molecule has 0 bridgehead atoms. The van der Waals surface area contributed by atoms with Crippen LogP contribution in [0.3, 0.4) is 0 Å². The summed E-state index contributed by atoms with van der Waals surface area (Å²) in [7, 11) is -3.87. The van der Waals surface area contributed by atoms with Gasteiger partial charge >= 0.3 is 6.36 Å². The third-order valence-electron chi connectivity index (χ3n) is 5.04. The lowest BCUT2D eigenvalue weighted by Gasteiger charge is -2.22. The maximum atomic E-state index is 14.0. The fourth-order valence-corrected chi connectivity index (χ4v) is 7.53. The molecule has 0 unspecified atom stereocenters. The van der Waals surface area contributed by atoms with Gasteiger partial charge in [-0.25, -0.2) is 17.8 Å². The molecule has 0 spiro atoms. The van der Waals surface area contributed by atoms with Crippen molar-refractivity contribution >= 4 is 50.2 Å². The van der Waals surface area contributed by atoms with E-state index in [0.29, 0.717) is 27.9 Å². The van der Waals surface area contributed by atoms with Crippen molar-refractivity contribution in [2.75, 3.05) is 6.54 Å². The number of halogens is 5. The van der Waals surface area contributed by atoms with E-state index in [9.17, 15) is 30.8 Å². The topological polar surface area (TPSA) is 88.6 Å². The van der Waals surface area contributed by atoms with Crippen LogP contribution in [-0.2, 0) is 21.4 Å². The molecule has 1 N–H and O–H groups in total. The minimum absolute atomic E-state index is 0.00350. The van der Waals surface area contributed by atoms with Gasteiger partial charge in [0, 0.05) is 17.5 Å². The number of nitrogens with zero attached hydrogens (tertiary/aromatic N) is 2. The molecule has 35 heavy (non-hydrogen) atoms. The lowest BCUT2D eigenvalue weighted by Crippen LogP contribution is -2.45. The first-order valence-corrected chi connectivity index (χ1v) is 13.5. The van der Waals surface area contributed by atoms with Crippen LogP contribution >= 0.6 is 34.3 Å². The highest BCUT2D eigenvalue weighted by Gasteiger charge is 2.40. The molecule has 15 heteroatoms. The Hall–Kier alpha value is -2.26. The monoisotopic (exact) mass is 569 g/mol. The first-order chi connectivity index (χ1) is 16.4. The molecule has 0 saturated carbocycles. The van der Waals surface area contributed by atoms with Gasteiger partial charge in [-0.3, -0.25) is 4.79 Å². The van der Waals surface area contributed by atoms with Crippen LogP contribution in [0.25, 0.3) is 11.3 Å². The molecule has 0 radical (unpaired) electrons. The minimum Gasteiger partial charge on any atom is -0.403 e. The molecule has 2 aromatic heterocycles. The van der Waals surface area contributed by atoms with Crippen molar-refractivity contribution in [3.8, 4) is 17.0 Å². The number of benzene rings is 1. The van der Waals surface area contributed by atoms with Crippen LogP contribution < -0.4 is 10.1 Å². The molecule has 1 aromatic carbocycles. The molecule has 3 heterocycles. The Morgan fingerprint density at radius 2 is 2.06 bits per heavy atom. The summed E-state index contributed by atoms with van der Waals surface area (Å²) in [6, 6.07) is 4.96. The number of carbonyl (C=O) groups is 1. The van der Waals surface area contributed by atoms with E-state index >= 15 is 0 Å². The van der Waals surface area contributed by atoms with Gasteiger partial charge in [-0.15, -0.1) is 35.8 Å². The lowest BCUT2D eigenvalue weighted by atomic mass is 10.1. The first kappa shape index (κ1) is 25.8. The average Bonchev–Trinajstić information content (AvgIpc) is 3.53. The number of sulfonamides is 1. The number of hydrogen-bond acceptors (Lipinski definition) is 7. The summed E-state index contributed by atoms with van der Waals surface area (Å²) in [6.45, 7) is 0.202. The Balaban J connectivity index is 1.40. The van der Waals surface area contributed by atoms with Gasteiger partial charge in [0.2, 0.25) is 5.91 Å². The van der Waals surface area contributed by atoms with Crippen LogP contribution in [0.5, 0.6) is 5.75 Å². The van der Waals surface area contributed by atoms with Crippen LogP contribution in [0.15, 0.2) is 39.9 Å². The van der Waals surface area contributed by atoms with E-state index in [0.717, 1.165) is 39.1 Å². The SMILES string of the molecule is O=C(NCc1nc(-c2ccc(OC(F)(F)F)c(F)c2)cs1)[C@H]1CCCN1S(=O)(=O)c1ccc(Cl)s1. The zero-order valence-electron chi connectivity index (χ0n) is 17.5. The van der Waals surface area contributed by atoms with Crippen molar-refractivity contribution in [1.29, 1.82) is 0 Å². The summed E-state index contributed by atoms with van der Waals surface area (Å²) in [5, 5.41) is 4.68. The molecule has 4 rings (SSSR count). The minimum atomic E-state index is -5.01. The maximum Gasteiger partial charge on any atom is 0.573 e. The second kappa shape index (κ2) is 10.0. The lowest BCUT2D eigenvalue weighted by molar-refractivity contribution is -0.275. The van der Waals surface area contributed by atoms with Crippen molar-refractivity contribution in [3.63, 3.8) is 0 Å². The number of hydrogen-bond donors (Lipinski definition) is 1. The number of alkyl halides is 3. The predicted octanol–water partition coefficient (Wildman–Crippen LogP) is 5.03. The van der Waals surface area contributed by atoms with Gasteiger partial charge in [0.25, 0.3) is 10.0 Å². The van der Waals surface area contributed by atoms with Crippen molar-refractivity contribution < 1.29 is 35.5 Å². The van der Waals surface area contributed by atoms with Gasteiger partial charge in [-0.05, 0) is 43.2 Å². The largest absolute Gasteiger partial charge is 0.573 e. The third-order valence-corrected chi connectivity index (χ3v) is 9.49. The van der Waals surface area contributed by atoms with E-state index in [4.69, 9.17) is 11.6 Å². The summed E-state index contributed by atoms with van der Waals surface area (Å²) >= 11 is 7.92. The molecule has 1 atom stereocenters. The zero-order valence-corrected chi connectivity index (χ0v) is 20.7. The highest BCUT2D eigenvalue weighted by Crippen LogP contribution is 2.33. The molecular formula is C20H16ClF4N3O4S3. The molecule has 1 aliphatic rings. The van der Waals surface area contributed by atoms with Gasteiger partial charge in [0.15, 0.2) is 11.6 Å². The molecule has 1 amide bonds. The van der Waals surface area contributed by atoms with Gasteiger partial charge in [0.05, 0.1) is 16.6 Å². The Morgan fingerprint density at radius 1 is 1.29 bits per heavy atom. The highest BCUT2D eigenvalue weighted by atomic mass is 35.5. The van der Waals surface area contributed by atoms with Crippen molar-refractivity contribution in [2.45, 2.75) is 36.0 Å². The van der Waals surface area contributed by atoms with Crippen LogP contribution in [0.4, 0.5) is 17.6 Å². The predicted molar refractivity (Wildman–Crippen MR) is 122 cm³/mol. The summed E-state index contributed by atoms with van der Waals surface area (Å²) < 4.78 is 81.9. The Kier molecular flexibility index (Phi) is 7.38. The van der Waals surface area contributed by atoms with Crippen LogP contribution in [0.1, 0.15) is 17.8 Å². The molecule has 188 valence electrons. The number of amides is 1. The number of ether oxygens (including phenoxy) is 1. The fraction of sp³-hybridized carbons (Fsp3) is 0.300. The molecule has 0 aliphatic carbocycles. The highest BCUT2D eigenvalue weighted by molar-refractivity contribution is 7.91. The average molecular weight is 570 g/mol. The fourth-order valence-electron chi connectivity index (χ4n) is 3.51. The molecule has 3 aromatic rings. The summed E-state index contributed by atoms with van der Waals surface area (Å²) in [5.41, 5.74) is 0.532. The molecule has 1 aliphatic heterocycles. The van der Waals surface area contributed by atoms with E-state index in [1.165, 1.54) is 18.2 Å². The number of thiazole rings is 1. The van der Waals surface area contributed by atoms with Crippen molar-refractivity contribution in [1.82, 2.24) is 14.6 Å². The quantitative estimate of drug-likeness (QED) is 0.403. The molecule has 7 nitrogen and oxygen atoms in total. The van der Waals surface area contributed by atoms with E-state index in [1.807, 2.05) is 0 Å². The van der Waals surface area contributed by atoms with Crippen molar-refractivity contribution in [3.05, 3.63) is 50.9 Å². The van der Waals surface area contributed by atoms with Gasteiger partial charge < -0.3 is 10.1 Å². The normalized spacial score (nSPS) is 17.0. The van der Waals surface area contributed by atoms with Crippen LogP contribution in [0.2, 0.25) is 4.34 Å². The van der Waals surface area contributed by atoms with Crippen LogP contribution in [-0.4, -0.2) is 42.6 Å². The Morgan fingerprint density at radius 3 is 2.71 bits per heavy atom. The van der Waals surface area contributed by atoms with E-state index in [2.05, 4.69) is 15.0 Å². The number of rotatable bonds is 7. The maximum absolute atomic E-state index is 14.0. The smallest absolute Gasteiger partial charge is 0.403 e. The van der Waals surface area contributed by atoms with Gasteiger partial charge in [-0.1, -0.05) is 11.6 Å². The summed E-state index contributed by atoms with van der Waals surface area (Å²) in [4.78, 5) is 17.0.